The highest BCUT2D eigenvalue weighted by Gasteiger charge is 2.34. The number of hydrogen-bond acceptors (Lipinski definition) is 2. The Bertz CT molecular complexity index is 405. The van der Waals surface area contributed by atoms with Gasteiger partial charge in [0.2, 0.25) is 0 Å². The summed E-state index contributed by atoms with van der Waals surface area (Å²) in [6.45, 7) is 0.764. The molecule has 2 aliphatic rings. The molecule has 0 amide bonds. The van der Waals surface area contributed by atoms with Crippen molar-refractivity contribution in [3.8, 4) is 5.75 Å². The molecule has 2 N–H and O–H groups in total. The van der Waals surface area contributed by atoms with Gasteiger partial charge in [-0.05, 0) is 49.8 Å². The van der Waals surface area contributed by atoms with Gasteiger partial charge in [0, 0.05) is 12.0 Å². The highest BCUT2D eigenvalue weighted by molar-refractivity contribution is 5.35. The maximum Gasteiger partial charge on any atom is 0.120 e. The third kappa shape index (κ3) is 2.14. The predicted octanol–water partition coefficient (Wildman–Crippen LogP) is 3.39. The molecule has 0 aliphatic heterocycles. The molecule has 0 saturated heterocycles. The highest BCUT2D eigenvalue weighted by Crippen LogP contribution is 2.41. The lowest BCUT2D eigenvalue weighted by molar-refractivity contribution is 0.120. The summed E-state index contributed by atoms with van der Waals surface area (Å²) < 4.78 is 6.00. The van der Waals surface area contributed by atoms with Gasteiger partial charge in [0.15, 0.2) is 0 Å². The number of hydrogen-bond donors (Lipinski definition) is 1. The van der Waals surface area contributed by atoms with Crippen molar-refractivity contribution in [3.63, 3.8) is 0 Å². The van der Waals surface area contributed by atoms with Gasteiger partial charge in [-0.3, -0.25) is 0 Å². The normalized spacial score (nSPS) is 22.7. The van der Waals surface area contributed by atoms with Gasteiger partial charge in [-0.2, -0.15) is 0 Å². The maximum atomic E-state index is 6.05. The molecule has 0 aromatic heterocycles. The molecular weight excluding hydrogens is 222 g/mol. The quantitative estimate of drug-likeness (QED) is 0.882. The molecule has 0 unspecified atom stereocenters. The average molecular weight is 245 g/mol. The van der Waals surface area contributed by atoms with Crippen molar-refractivity contribution >= 4 is 0 Å². The van der Waals surface area contributed by atoms with Crippen LogP contribution in [-0.4, -0.2) is 12.6 Å². The second-order valence-corrected chi connectivity index (χ2v) is 5.89. The van der Waals surface area contributed by atoms with E-state index in [-0.39, 0.29) is 5.41 Å². The molecular formula is C16H23NO. The van der Waals surface area contributed by atoms with Crippen LogP contribution in [0, 0.1) is 0 Å². The number of rotatable bonds is 4. The summed E-state index contributed by atoms with van der Waals surface area (Å²) in [5, 5.41) is 0. The zero-order chi connectivity index (χ0) is 12.4. The van der Waals surface area contributed by atoms with Gasteiger partial charge in [0.1, 0.15) is 5.75 Å². The number of benzene rings is 1. The Labute approximate surface area is 110 Å². The van der Waals surface area contributed by atoms with Crippen LogP contribution in [0.1, 0.15) is 50.5 Å². The molecule has 0 atom stereocenters. The Balaban J connectivity index is 1.80. The molecule has 2 aliphatic carbocycles. The Hall–Kier alpha value is -1.02. The van der Waals surface area contributed by atoms with Gasteiger partial charge in [-0.1, -0.05) is 25.0 Å². The zero-order valence-electron chi connectivity index (χ0n) is 11.0. The van der Waals surface area contributed by atoms with E-state index in [0.717, 1.165) is 12.3 Å². The van der Waals surface area contributed by atoms with E-state index in [0.29, 0.717) is 6.10 Å². The second-order valence-electron chi connectivity index (χ2n) is 5.89. The molecule has 2 nitrogen and oxygen atoms in total. The molecule has 2 heteroatoms. The van der Waals surface area contributed by atoms with Crippen molar-refractivity contribution < 1.29 is 4.74 Å². The van der Waals surface area contributed by atoms with Crippen molar-refractivity contribution in [1.82, 2.24) is 0 Å². The largest absolute Gasteiger partial charge is 0.490 e. The summed E-state index contributed by atoms with van der Waals surface area (Å²) in [5.74, 6) is 1.04. The molecule has 1 aromatic rings. The molecule has 18 heavy (non-hydrogen) atoms. The van der Waals surface area contributed by atoms with E-state index in [4.69, 9.17) is 10.5 Å². The Morgan fingerprint density at radius 3 is 2.56 bits per heavy atom. The van der Waals surface area contributed by atoms with E-state index in [1.807, 2.05) is 0 Å². The van der Waals surface area contributed by atoms with Crippen LogP contribution < -0.4 is 10.5 Å². The van der Waals surface area contributed by atoms with Gasteiger partial charge in [-0.15, -0.1) is 0 Å². The van der Waals surface area contributed by atoms with Gasteiger partial charge in [0.25, 0.3) is 0 Å². The molecule has 0 bridgehead atoms. The molecule has 2 saturated carbocycles. The van der Waals surface area contributed by atoms with Crippen LogP contribution in [0.15, 0.2) is 24.3 Å². The summed E-state index contributed by atoms with van der Waals surface area (Å²) in [5.41, 5.74) is 7.66. The SMILES string of the molecule is NCC1(c2cccc(OC3CCC3)c2)CCCC1. The van der Waals surface area contributed by atoms with Crippen LogP contribution in [0.2, 0.25) is 0 Å². The van der Waals surface area contributed by atoms with E-state index in [1.54, 1.807) is 0 Å². The highest BCUT2D eigenvalue weighted by atomic mass is 16.5. The molecule has 0 heterocycles. The van der Waals surface area contributed by atoms with E-state index in [9.17, 15) is 0 Å². The van der Waals surface area contributed by atoms with Crippen LogP contribution in [0.3, 0.4) is 0 Å². The van der Waals surface area contributed by atoms with Gasteiger partial charge in [0.05, 0.1) is 6.10 Å². The first-order chi connectivity index (χ1) is 8.82. The van der Waals surface area contributed by atoms with Gasteiger partial charge < -0.3 is 10.5 Å². The van der Waals surface area contributed by atoms with Crippen molar-refractivity contribution in [2.24, 2.45) is 5.73 Å². The van der Waals surface area contributed by atoms with Crippen molar-refractivity contribution in [2.75, 3.05) is 6.54 Å². The first kappa shape index (κ1) is 12.0. The molecule has 98 valence electrons. The molecule has 0 spiro atoms. The first-order valence-electron chi connectivity index (χ1n) is 7.30. The Kier molecular flexibility index (Phi) is 3.29. The zero-order valence-corrected chi connectivity index (χ0v) is 11.0. The second kappa shape index (κ2) is 4.93. The summed E-state index contributed by atoms with van der Waals surface area (Å²) in [7, 11) is 0. The predicted molar refractivity (Wildman–Crippen MR) is 73.9 cm³/mol. The Morgan fingerprint density at radius 1 is 1.17 bits per heavy atom. The minimum Gasteiger partial charge on any atom is -0.490 e. The lowest BCUT2D eigenvalue weighted by Gasteiger charge is -2.30. The van der Waals surface area contributed by atoms with Crippen LogP contribution in [0.5, 0.6) is 5.75 Å². The van der Waals surface area contributed by atoms with Crippen LogP contribution in [-0.2, 0) is 5.41 Å². The molecule has 1 aromatic carbocycles. The third-order valence-corrected chi connectivity index (χ3v) is 4.75. The lowest BCUT2D eigenvalue weighted by Crippen LogP contribution is -2.32. The van der Waals surface area contributed by atoms with Crippen molar-refractivity contribution in [2.45, 2.75) is 56.5 Å². The molecule has 0 radical (unpaired) electrons. The summed E-state index contributed by atoms with van der Waals surface area (Å²) >= 11 is 0. The molecule has 2 fully saturated rings. The maximum absolute atomic E-state index is 6.05. The summed E-state index contributed by atoms with van der Waals surface area (Å²) in [6.07, 6.45) is 9.29. The van der Waals surface area contributed by atoms with E-state index in [1.165, 1.54) is 50.5 Å². The van der Waals surface area contributed by atoms with Crippen molar-refractivity contribution in [1.29, 1.82) is 0 Å². The van der Waals surface area contributed by atoms with Crippen LogP contribution in [0.4, 0.5) is 0 Å². The van der Waals surface area contributed by atoms with Gasteiger partial charge >= 0.3 is 0 Å². The Morgan fingerprint density at radius 2 is 1.94 bits per heavy atom. The number of nitrogens with two attached hydrogens (primary N) is 1. The minimum atomic E-state index is 0.221. The average Bonchev–Trinajstić information content (AvgIpc) is 2.84. The van der Waals surface area contributed by atoms with Crippen LogP contribution >= 0.6 is 0 Å². The third-order valence-electron chi connectivity index (χ3n) is 4.75. The summed E-state index contributed by atoms with van der Waals surface area (Å²) in [6, 6.07) is 8.67. The fourth-order valence-electron chi connectivity index (χ4n) is 3.24. The van der Waals surface area contributed by atoms with Crippen molar-refractivity contribution in [3.05, 3.63) is 29.8 Å². The van der Waals surface area contributed by atoms with E-state index >= 15 is 0 Å². The topological polar surface area (TPSA) is 35.2 Å². The van der Waals surface area contributed by atoms with Crippen LogP contribution in [0.25, 0.3) is 0 Å². The standard InChI is InChI=1S/C16H23NO/c17-12-16(9-1-2-10-16)13-5-3-8-15(11-13)18-14-6-4-7-14/h3,5,8,11,14H,1-2,4,6-7,9-10,12,17H2. The minimum absolute atomic E-state index is 0.221. The van der Waals surface area contributed by atoms with E-state index < -0.39 is 0 Å². The fourth-order valence-corrected chi connectivity index (χ4v) is 3.24. The summed E-state index contributed by atoms with van der Waals surface area (Å²) in [4.78, 5) is 0. The lowest BCUT2D eigenvalue weighted by atomic mass is 9.79. The van der Waals surface area contributed by atoms with Gasteiger partial charge in [-0.25, -0.2) is 0 Å². The first-order valence-corrected chi connectivity index (χ1v) is 7.30. The monoisotopic (exact) mass is 245 g/mol. The fraction of sp³-hybridized carbons (Fsp3) is 0.625. The van der Waals surface area contributed by atoms with E-state index in [2.05, 4.69) is 24.3 Å². The smallest absolute Gasteiger partial charge is 0.120 e. The number of ether oxygens (including phenoxy) is 1. The molecule has 3 rings (SSSR count).